The highest BCUT2D eigenvalue weighted by atomic mass is 19.1. The molecule has 0 bridgehead atoms. The Morgan fingerprint density at radius 3 is 2.33 bits per heavy atom. The van der Waals surface area contributed by atoms with Crippen LogP contribution in [-0.2, 0) is 15.9 Å². The fourth-order valence-corrected chi connectivity index (χ4v) is 2.74. The smallest absolute Gasteiger partial charge is 0.486 e. The van der Waals surface area contributed by atoms with E-state index in [1.54, 1.807) is 0 Å². The van der Waals surface area contributed by atoms with Crippen molar-refractivity contribution in [3.05, 3.63) is 64.0 Å². The Bertz CT molecular complexity index is 855. The molecule has 2 aromatic rings. The van der Waals surface area contributed by atoms with Gasteiger partial charge in [0.25, 0.3) is 5.69 Å². The number of hydrogen-bond donors (Lipinski definition) is 0. The van der Waals surface area contributed by atoms with Gasteiger partial charge in [0.05, 0.1) is 22.2 Å². The van der Waals surface area contributed by atoms with Crippen LogP contribution in [0.2, 0.25) is 0 Å². The number of hydrogen-bond acceptors (Lipinski definition) is 5. The number of halogens is 1. The molecule has 142 valence electrons. The maximum atomic E-state index is 14.0. The van der Waals surface area contributed by atoms with Crippen molar-refractivity contribution in [2.45, 2.75) is 45.5 Å². The summed E-state index contributed by atoms with van der Waals surface area (Å²) in [4.78, 5) is 10.1. The van der Waals surface area contributed by atoms with Crippen LogP contribution in [0.5, 0.6) is 5.75 Å². The zero-order chi connectivity index (χ0) is 19.8. The molecule has 0 unspecified atom stereocenters. The second-order valence-corrected chi connectivity index (χ2v) is 7.45. The molecule has 2 aromatic carbocycles. The molecule has 27 heavy (non-hydrogen) atoms. The third kappa shape index (κ3) is 3.82. The Morgan fingerprint density at radius 2 is 1.74 bits per heavy atom. The fourth-order valence-electron chi connectivity index (χ4n) is 2.74. The van der Waals surface area contributed by atoms with Crippen molar-refractivity contribution < 1.29 is 23.4 Å². The SMILES string of the molecule is CC1(C)OB(c2ccccc2COc2ccc([N+](=O)[O-])cc2F)OC1(C)C. The minimum atomic E-state index is -0.780. The summed E-state index contributed by atoms with van der Waals surface area (Å²) in [6.45, 7) is 7.96. The Balaban J connectivity index is 1.79. The summed E-state index contributed by atoms with van der Waals surface area (Å²) in [6, 6.07) is 10.8. The molecule has 0 aliphatic carbocycles. The van der Waals surface area contributed by atoms with Crippen molar-refractivity contribution in [1.82, 2.24) is 0 Å². The summed E-state index contributed by atoms with van der Waals surface area (Å²) in [5, 5.41) is 10.7. The topological polar surface area (TPSA) is 70.8 Å². The fraction of sp³-hybridized carbons (Fsp3) is 0.368. The summed E-state index contributed by atoms with van der Waals surface area (Å²) in [6.07, 6.45) is 0. The average molecular weight is 373 g/mol. The van der Waals surface area contributed by atoms with Crippen LogP contribution in [0.1, 0.15) is 33.3 Å². The first kappa shape index (κ1) is 19.3. The van der Waals surface area contributed by atoms with E-state index in [1.807, 2.05) is 52.0 Å². The third-order valence-electron chi connectivity index (χ3n) is 5.07. The van der Waals surface area contributed by atoms with Crippen molar-refractivity contribution in [2.24, 2.45) is 0 Å². The first-order valence-electron chi connectivity index (χ1n) is 8.61. The highest BCUT2D eigenvalue weighted by Crippen LogP contribution is 2.36. The van der Waals surface area contributed by atoms with Crippen LogP contribution in [-0.4, -0.2) is 23.2 Å². The number of nitro groups is 1. The molecule has 1 saturated heterocycles. The summed E-state index contributed by atoms with van der Waals surface area (Å²) in [5.41, 5.74) is 0.316. The van der Waals surface area contributed by atoms with Gasteiger partial charge in [0.2, 0.25) is 0 Å². The monoisotopic (exact) mass is 373 g/mol. The highest BCUT2D eigenvalue weighted by Gasteiger charge is 2.52. The molecule has 0 saturated carbocycles. The molecule has 0 aromatic heterocycles. The molecule has 6 nitrogen and oxygen atoms in total. The van der Waals surface area contributed by atoms with Crippen LogP contribution in [0, 0.1) is 15.9 Å². The van der Waals surface area contributed by atoms with E-state index >= 15 is 0 Å². The zero-order valence-electron chi connectivity index (χ0n) is 15.7. The Kier molecular flexibility index (Phi) is 4.97. The van der Waals surface area contributed by atoms with E-state index in [0.717, 1.165) is 17.1 Å². The number of rotatable bonds is 5. The molecule has 1 aliphatic rings. The van der Waals surface area contributed by atoms with Crippen LogP contribution in [0.4, 0.5) is 10.1 Å². The number of non-ortho nitro benzene ring substituents is 1. The minimum Gasteiger partial charge on any atom is -0.486 e. The molecule has 1 heterocycles. The summed E-state index contributed by atoms with van der Waals surface area (Å²) >= 11 is 0. The van der Waals surface area contributed by atoms with Crippen LogP contribution in [0.25, 0.3) is 0 Å². The van der Waals surface area contributed by atoms with Crippen molar-refractivity contribution in [1.29, 1.82) is 0 Å². The van der Waals surface area contributed by atoms with Gasteiger partial charge in [-0.1, -0.05) is 24.3 Å². The van der Waals surface area contributed by atoms with Gasteiger partial charge < -0.3 is 14.0 Å². The lowest BCUT2D eigenvalue weighted by Gasteiger charge is -2.32. The van der Waals surface area contributed by atoms with Crippen molar-refractivity contribution in [3.63, 3.8) is 0 Å². The van der Waals surface area contributed by atoms with Gasteiger partial charge >= 0.3 is 7.12 Å². The average Bonchev–Trinajstić information content (AvgIpc) is 2.81. The van der Waals surface area contributed by atoms with Gasteiger partial charge in [-0.2, -0.15) is 0 Å². The molecule has 0 amide bonds. The second kappa shape index (κ2) is 6.94. The van der Waals surface area contributed by atoms with Gasteiger partial charge in [-0.05, 0) is 44.8 Å². The Morgan fingerprint density at radius 1 is 1.11 bits per heavy atom. The predicted molar refractivity (Wildman–Crippen MR) is 99.5 cm³/mol. The van der Waals surface area contributed by atoms with Crippen LogP contribution in [0.15, 0.2) is 42.5 Å². The largest absolute Gasteiger partial charge is 0.495 e. The van der Waals surface area contributed by atoms with Crippen LogP contribution < -0.4 is 10.2 Å². The summed E-state index contributed by atoms with van der Waals surface area (Å²) < 4.78 is 31.8. The van der Waals surface area contributed by atoms with Gasteiger partial charge in [0, 0.05) is 6.07 Å². The standard InChI is InChI=1S/C19H21BFNO5/c1-18(2)19(3,4)27-20(26-18)15-8-6-5-7-13(15)12-25-17-10-9-14(22(23)24)11-16(17)21/h5-11H,12H2,1-4H3. The number of ether oxygens (including phenoxy) is 1. The molecule has 1 fully saturated rings. The van der Waals surface area contributed by atoms with Gasteiger partial charge in [-0.15, -0.1) is 0 Å². The van der Waals surface area contributed by atoms with Crippen LogP contribution in [0.3, 0.4) is 0 Å². The molecule has 0 N–H and O–H groups in total. The quantitative estimate of drug-likeness (QED) is 0.455. The lowest BCUT2D eigenvalue weighted by atomic mass is 9.76. The van der Waals surface area contributed by atoms with E-state index in [4.69, 9.17) is 14.0 Å². The zero-order valence-corrected chi connectivity index (χ0v) is 15.7. The lowest BCUT2D eigenvalue weighted by Crippen LogP contribution is -2.41. The van der Waals surface area contributed by atoms with E-state index < -0.39 is 29.1 Å². The maximum absolute atomic E-state index is 14.0. The van der Waals surface area contributed by atoms with E-state index in [0.29, 0.717) is 0 Å². The molecule has 1 aliphatic heterocycles. The van der Waals surface area contributed by atoms with Crippen LogP contribution >= 0.6 is 0 Å². The van der Waals surface area contributed by atoms with Gasteiger partial charge in [0.1, 0.15) is 6.61 Å². The second-order valence-electron chi connectivity index (χ2n) is 7.45. The summed E-state index contributed by atoms with van der Waals surface area (Å²) in [5.74, 6) is -0.832. The normalized spacial score (nSPS) is 17.7. The van der Waals surface area contributed by atoms with Crippen molar-refractivity contribution >= 4 is 18.3 Å². The maximum Gasteiger partial charge on any atom is 0.495 e. The summed E-state index contributed by atoms with van der Waals surface area (Å²) in [7, 11) is -0.559. The van der Waals surface area contributed by atoms with E-state index in [2.05, 4.69) is 0 Å². The molecule has 0 radical (unpaired) electrons. The Hall–Kier alpha value is -2.45. The van der Waals surface area contributed by atoms with E-state index in [9.17, 15) is 14.5 Å². The Labute approximate surface area is 157 Å². The lowest BCUT2D eigenvalue weighted by molar-refractivity contribution is -0.385. The van der Waals surface area contributed by atoms with Gasteiger partial charge in [-0.25, -0.2) is 4.39 Å². The molecular weight excluding hydrogens is 352 g/mol. The molecular formula is C19H21BFNO5. The van der Waals surface area contributed by atoms with Gasteiger partial charge in [0.15, 0.2) is 11.6 Å². The highest BCUT2D eigenvalue weighted by molar-refractivity contribution is 6.62. The molecule has 0 atom stereocenters. The van der Waals surface area contributed by atoms with E-state index in [1.165, 1.54) is 12.1 Å². The third-order valence-corrected chi connectivity index (χ3v) is 5.07. The predicted octanol–water partition coefficient (Wildman–Crippen LogP) is 3.61. The first-order chi connectivity index (χ1) is 12.6. The van der Waals surface area contributed by atoms with E-state index in [-0.39, 0.29) is 18.0 Å². The minimum absolute atomic E-state index is 0.0516. The number of nitro benzene ring substituents is 1. The van der Waals surface area contributed by atoms with Crippen molar-refractivity contribution in [2.75, 3.05) is 0 Å². The van der Waals surface area contributed by atoms with Gasteiger partial charge in [-0.3, -0.25) is 10.1 Å². The molecule has 8 heteroatoms. The molecule has 0 spiro atoms. The van der Waals surface area contributed by atoms with Crippen molar-refractivity contribution in [3.8, 4) is 5.75 Å². The number of nitrogens with zero attached hydrogens (tertiary/aromatic N) is 1. The number of benzene rings is 2. The first-order valence-corrected chi connectivity index (χ1v) is 8.61. The molecule has 3 rings (SSSR count).